The number of sulfonamides is 1. The van der Waals surface area contributed by atoms with Crippen LogP contribution >= 0.6 is 11.6 Å². The fourth-order valence-corrected chi connectivity index (χ4v) is 5.33. The van der Waals surface area contributed by atoms with E-state index in [9.17, 15) is 13.2 Å². The lowest BCUT2D eigenvalue weighted by atomic mass is 10.1. The predicted molar refractivity (Wildman–Crippen MR) is 107 cm³/mol. The van der Waals surface area contributed by atoms with Crippen molar-refractivity contribution in [1.82, 2.24) is 5.32 Å². The summed E-state index contributed by atoms with van der Waals surface area (Å²) in [5.41, 5.74) is 3.37. The number of hydrogen-bond acceptors (Lipinski definition) is 3. The summed E-state index contributed by atoms with van der Waals surface area (Å²) in [5.74, 6) is -0.165. The van der Waals surface area contributed by atoms with Crippen molar-refractivity contribution in [3.05, 3.63) is 64.2 Å². The number of rotatable bonds is 5. The highest BCUT2D eigenvalue weighted by atomic mass is 35.5. The summed E-state index contributed by atoms with van der Waals surface area (Å²) in [7, 11) is -1.73. The van der Waals surface area contributed by atoms with Crippen LogP contribution < -0.4 is 9.62 Å². The highest BCUT2D eigenvalue weighted by Crippen LogP contribution is 2.34. The molecule has 27 heavy (non-hydrogen) atoms. The van der Waals surface area contributed by atoms with Crippen molar-refractivity contribution in [3.63, 3.8) is 0 Å². The molecule has 0 aliphatic heterocycles. The molecular weight excluding hydrogens is 384 g/mol. The summed E-state index contributed by atoms with van der Waals surface area (Å²) >= 11 is 6.03. The molecule has 2 aromatic rings. The van der Waals surface area contributed by atoms with Gasteiger partial charge in [0, 0.05) is 17.6 Å². The zero-order valence-corrected chi connectivity index (χ0v) is 16.6. The first-order chi connectivity index (χ1) is 12.9. The number of amides is 1. The molecule has 1 N–H and O–H groups in total. The van der Waals surface area contributed by atoms with Crippen molar-refractivity contribution in [2.24, 2.45) is 0 Å². The van der Waals surface area contributed by atoms with E-state index < -0.39 is 10.0 Å². The van der Waals surface area contributed by atoms with Gasteiger partial charge in [-0.05, 0) is 73.2 Å². The average molecular weight is 405 g/mol. The molecule has 0 saturated heterocycles. The molecule has 2 aliphatic rings. The lowest BCUT2D eigenvalue weighted by Crippen LogP contribution is -2.30. The fraction of sp³-hybridized carbons (Fsp3) is 0.350. The Balaban J connectivity index is 1.46. The molecule has 2 aliphatic carbocycles. The minimum atomic E-state index is -3.29. The molecule has 5 nitrogen and oxygen atoms in total. The molecule has 0 radical (unpaired) electrons. The topological polar surface area (TPSA) is 66.5 Å². The third-order valence-electron chi connectivity index (χ3n) is 5.31. The van der Waals surface area contributed by atoms with Crippen molar-refractivity contribution in [1.29, 1.82) is 0 Å². The number of nitrogens with zero attached hydrogens (tertiary/aromatic N) is 1. The highest BCUT2D eigenvalue weighted by molar-refractivity contribution is 7.93. The first-order valence-electron chi connectivity index (χ1n) is 9.03. The van der Waals surface area contributed by atoms with E-state index >= 15 is 0 Å². The number of halogens is 1. The maximum absolute atomic E-state index is 12.6. The van der Waals surface area contributed by atoms with E-state index in [2.05, 4.69) is 5.32 Å². The Hall–Kier alpha value is -2.05. The lowest BCUT2D eigenvalue weighted by molar-refractivity contribution is 0.0936. The zero-order chi connectivity index (χ0) is 19.2. The fourth-order valence-electron chi connectivity index (χ4n) is 3.54. The van der Waals surface area contributed by atoms with E-state index in [4.69, 9.17) is 11.6 Å². The molecule has 7 heteroatoms. The van der Waals surface area contributed by atoms with Crippen molar-refractivity contribution in [3.8, 4) is 0 Å². The minimum Gasteiger partial charge on any atom is -0.345 e. The summed E-state index contributed by atoms with van der Waals surface area (Å²) in [6.07, 6.45) is 3.19. The number of aryl methyl sites for hydroxylation is 1. The first kappa shape index (κ1) is 18.3. The Morgan fingerprint density at radius 3 is 2.48 bits per heavy atom. The van der Waals surface area contributed by atoms with Crippen molar-refractivity contribution in [2.75, 3.05) is 11.4 Å². The molecule has 2 aromatic carbocycles. The van der Waals surface area contributed by atoms with Gasteiger partial charge in [0.1, 0.15) is 0 Å². The average Bonchev–Trinajstić information content (AvgIpc) is 3.45. The normalized spacial score (nSPS) is 18.8. The third kappa shape index (κ3) is 3.56. The molecule has 142 valence electrons. The molecule has 1 atom stereocenters. The van der Waals surface area contributed by atoms with E-state index in [1.165, 1.54) is 9.87 Å². The number of benzene rings is 2. The molecule has 0 aromatic heterocycles. The van der Waals surface area contributed by atoms with Crippen LogP contribution in [0, 0.1) is 0 Å². The Morgan fingerprint density at radius 2 is 1.81 bits per heavy atom. The van der Waals surface area contributed by atoms with E-state index in [1.807, 2.05) is 18.2 Å². The molecule has 0 unspecified atom stereocenters. The zero-order valence-electron chi connectivity index (χ0n) is 15.0. The SMILES string of the molecule is CN(c1ccc(C(=O)N[C@H]2CCc3cc(Cl)ccc32)cc1)S(=O)(=O)C1CC1. The monoisotopic (exact) mass is 404 g/mol. The summed E-state index contributed by atoms with van der Waals surface area (Å²) in [6, 6.07) is 12.4. The molecule has 4 rings (SSSR count). The standard InChI is InChI=1S/C20H21ClN2O3S/c1-23(27(25,26)17-8-9-17)16-6-2-13(3-7-16)20(24)22-19-11-4-14-12-15(21)5-10-18(14)19/h2-3,5-7,10,12,17,19H,4,8-9,11H2,1H3,(H,22,24)/t19-/m0/s1. The second-order valence-electron chi connectivity index (χ2n) is 7.17. The molecular formula is C20H21ClN2O3S. The Labute approximate surface area is 164 Å². The highest BCUT2D eigenvalue weighted by Gasteiger charge is 2.38. The van der Waals surface area contributed by atoms with Crippen LogP contribution in [0.25, 0.3) is 0 Å². The third-order valence-corrected chi connectivity index (χ3v) is 7.83. The van der Waals surface area contributed by atoms with Gasteiger partial charge in [-0.2, -0.15) is 0 Å². The predicted octanol–water partition coefficient (Wildman–Crippen LogP) is 3.69. The molecule has 0 heterocycles. The number of carbonyl (C=O) groups excluding carboxylic acids is 1. The van der Waals surface area contributed by atoms with Crippen LogP contribution in [0.5, 0.6) is 0 Å². The smallest absolute Gasteiger partial charge is 0.251 e. The van der Waals surface area contributed by atoms with Crippen molar-refractivity contribution < 1.29 is 13.2 Å². The minimum absolute atomic E-state index is 0.0256. The van der Waals surface area contributed by atoms with Crippen LogP contribution in [-0.4, -0.2) is 26.6 Å². The van der Waals surface area contributed by atoms with Crippen LogP contribution in [0.1, 0.15) is 46.8 Å². The second kappa shape index (κ2) is 6.84. The second-order valence-corrected chi connectivity index (χ2v) is 9.85. The number of anilines is 1. The van der Waals surface area contributed by atoms with Crippen LogP contribution in [0.3, 0.4) is 0 Å². The Morgan fingerprint density at radius 1 is 1.11 bits per heavy atom. The van der Waals surface area contributed by atoms with Gasteiger partial charge in [0.25, 0.3) is 5.91 Å². The maximum atomic E-state index is 12.6. The van der Waals surface area contributed by atoms with Crippen molar-refractivity contribution >= 4 is 33.2 Å². The van der Waals surface area contributed by atoms with Gasteiger partial charge in [0.05, 0.1) is 17.0 Å². The molecule has 0 spiro atoms. The van der Waals surface area contributed by atoms with E-state index in [0.717, 1.165) is 31.2 Å². The molecule has 0 bridgehead atoms. The van der Waals surface area contributed by atoms with Gasteiger partial charge < -0.3 is 5.32 Å². The summed E-state index contributed by atoms with van der Waals surface area (Å²) in [5, 5.41) is 3.51. The van der Waals surface area contributed by atoms with E-state index in [-0.39, 0.29) is 17.2 Å². The van der Waals surface area contributed by atoms with E-state index in [0.29, 0.717) is 16.3 Å². The lowest BCUT2D eigenvalue weighted by Gasteiger charge is -2.19. The maximum Gasteiger partial charge on any atom is 0.251 e. The van der Waals surface area contributed by atoms with Gasteiger partial charge in [0.2, 0.25) is 10.0 Å². The number of fused-ring (bicyclic) bond motifs is 1. The molecule has 1 saturated carbocycles. The van der Waals surface area contributed by atoms with Crippen LogP contribution in [0.15, 0.2) is 42.5 Å². The summed E-state index contributed by atoms with van der Waals surface area (Å²) in [4.78, 5) is 12.6. The van der Waals surface area contributed by atoms with Crippen LogP contribution in [0.2, 0.25) is 5.02 Å². The quantitative estimate of drug-likeness (QED) is 0.826. The van der Waals surface area contributed by atoms with E-state index in [1.54, 1.807) is 31.3 Å². The summed E-state index contributed by atoms with van der Waals surface area (Å²) < 4.78 is 25.9. The number of nitrogens with one attached hydrogen (secondary N) is 1. The van der Waals surface area contributed by atoms with Crippen LogP contribution in [0.4, 0.5) is 5.69 Å². The van der Waals surface area contributed by atoms with Gasteiger partial charge in [-0.3, -0.25) is 9.10 Å². The first-order valence-corrected chi connectivity index (χ1v) is 10.9. The molecule has 1 amide bonds. The van der Waals surface area contributed by atoms with Gasteiger partial charge in [-0.15, -0.1) is 0 Å². The van der Waals surface area contributed by atoms with Crippen molar-refractivity contribution in [2.45, 2.75) is 37.0 Å². The number of carbonyl (C=O) groups is 1. The van der Waals surface area contributed by atoms with Crippen LogP contribution in [-0.2, 0) is 16.4 Å². The van der Waals surface area contributed by atoms with Gasteiger partial charge in [-0.25, -0.2) is 8.42 Å². The Kier molecular flexibility index (Phi) is 4.64. The van der Waals surface area contributed by atoms with Gasteiger partial charge in [-0.1, -0.05) is 17.7 Å². The van der Waals surface area contributed by atoms with Gasteiger partial charge in [0.15, 0.2) is 0 Å². The van der Waals surface area contributed by atoms with Gasteiger partial charge >= 0.3 is 0 Å². The summed E-state index contributed by atoms with van der Waals surface area (Å²) in [6.45, 7) is 0. The molecule has 1 fully saturated rings. The number of hydrogen-bond donors (Lipinski definition) is 1. The Bertz CT molecular complexity index is 985. The largest absolute Gasteiger partial charge is 0.345 e.